The van der Waals surface area contributed by atoms with Crippen molar-refractivity contribution >= 4 is 29.6 Å². The van der Waals surface area contributed by atoms with Gasteiger partial charge >= 0.3 is 5.97 Å². The molecule has 0 aliphatic carbocycles. The maximum absolute atomic E-state index is 12.9. The van der Waals surface area contributed by atoms with Crippen LogP contribution in [0.5, 0.6) is 0 Å². The molecule has 33 heavy (non-hydrogen) atoms. The minimum atomic E-state index is -1.46. The second kappa shape index (κ2) is 15.1. The molecule has 0 heterocycles. The summed E-state index contributed by atoms with van der Waals surface area (Å²) >= 11 is 0. The lowest BCUT2D eigenvalue weighted by Crippen LogP contribution is -2.58. The molecule has 13 heteroatoms. The molecule has 13 nitrogen and oxygen atoms in total. The fraction of sp³-hybridized carbons (Fsp3) is 0.750. The Balaban J connectivity index is 5.53. The fourth-order valence-electron chi connectivity index (χ4n) is 2.90. The van der Waals surface area contributed by atoms with E-state index in [4.69, 9.17) is 17.2 Å². The van der Waals surface area contributed by atoms with Gasteiger partial charge in [0.25, 0.3) is 0 Å². The van der Waals surface area contributed by atoms with E-state index < -0.39 is 66.3 Å². The van der Waals surface area contributed by atoms with E-state index in [0.29, 0.717) is 19.4 Å². The first-order valence-corrected chi connectivity index (χ1v) is 10.9. The molecular formula is C20H38N6O7. The fourth-order valence-corrected chi connectivity index (χ4v) is 2.90. The number of carbonyl (C=O) groups excluding carboxylic acids is 4. The monoisotopic (exact) mass is 474 g/mol. The standard InChI is InChI=1S/C20H38N6O7/c1-10(2)8-14(20(32)33)26-18(30)13(9-15(22)28)25-17(29)12(6-4-5-7-21)24-19(31)16(23)11(3)27/h10-14,16,27H,4-9,21,23H2,1-3H3,(H2,22,28)(H,24,31)(H,25,29)(H,26,30)(H,32,33). The van der Waals surface area contributed by atoms with Crippen molar-refractivity contribution in [3.05, 3.63) is 0 Å². The van der Waals surface area contributed by atoms with Crippen LogP contribution in [0.2, 0.25) is 0 Å². The van der Waals surface area contributed by atoms with Crippen molar-refractivity contribution in [2.45, 2.75) is 83.1 Å². The van der Waals surface area contributed by atoms with Crippen molar-refractivity contribution < 1.29 is 34.2 Å². The third-order valence-electron chi connectivity index (χ3n) is 4.76. The van der Waals surface area contributed by atoms with E-state index in [2.05, 4.69) is 16.0 Å². The second-order valence-electron chi connectivity index (χ2n) is 8.37. The van der Waals surface area contributed by atoms with Crippen LogP contribution in [-0.4, -0.2) is 76.6 Å². The number of nitrogens with two attached hydrogens (primary N) is 3. The largest absolute Gasteiger partial charge is 0.480 e. The SMILES string of the molecule is CC(C)CC(NC(=O)C(CC(N)=O)NC(=O)C(CCCCN)NC(=O)C(N)C(C)O)C(=O)O. The number of hydrogen-bond acceptors (Lipinski definition) is 8. The molecular weight excluding hydrogens is 436 g/mol. The lowest BCUT2D eigenvalue weighted by molar-refractivity contribution is -0.143. The molecule has 5 atom stereocenters. The number of carbonyl (C=O) groups is 5. The van der Waals surface area contributed by atoms with Crippen molar-refractivity contribution in [2.24, 2.45) is 23.1 Å². The van der Waals surface area contributed by atoms with E-state index in [-0.39, 0.29) is 18.8 Å². The molecule has 5 unspecified atom stereocenters. The summed E-state index contributed by atoms with van der Waals surface area (Å²) in [5.74, 6) is -4.68. The number of carboxylic acids is 1. The number of unbranched alkanes of at least 4 members (excludes halogenated alkanes) is 1. The quantitative estimate of drug-likeness (QED) is 0.108. The van der Waals surface area contributed by atoms with Crippen LogP contribution in [0.15, 0.2) is 0 Å². The van der Waals surface area contributed by atoms with Crippen LogP contribution < -0.4 is 33.2 Å². The van der Waals surface area contributed by atoms with Gasteiger partial charge in [0.2, 0.25) is 23.6 Å². The van der Waals surface area contributed by atoms with Gasteiger partial charge in [0.05, 0.1) is 12.5 Å². The van der Waals surface area contributed by atoms with Crippen molar-refractivity contribution in [3.8, 4) is 0 Å². The van der Waals surface area contributed by atoms with Crippen LogP contribution in [-0.2, 0) is 24.0 Å². The summed E-state index contributed by atoms with van der Waals surface area (Å²) in [6.07, 6.45) is -0.448. The molecule has 0 aromatic heterocycles. The first-order valence-electron chi connectivity index (χ1n) is 10.9. The number of aliphatic hydroxyl groups is 1. The summed E-state index contributed by atoms with van der Waals surface area (Å²) in [4.78, 5) is 60.7. The highest BCUT2D eigenvalue weighted by Gasteiger charge is 2.31. The number of aliphatic hydroxyl groups excluding tert-OH is 1. The zero-order valence-electron chi connectivity index (χ0n) is 19.4. The van der Waals surface area contributed by atoms with E-state index in [1.807, 2.05) is 0 Å². The molecule has 190 valence electrons. The van der Waals surface area contributed by atoms with E-state index in [0.717, 1.165) is 0 Å². The van der Waals surface area contributed by atoms with Crippen molar-refractivity contribution in [1.29, 1.82) is 0 Å². The number of primary amides is 1. The molecule has 0 aliphatic rings. The van der Waals surface area contributed by atoms with Gasteiger partial charge in [0, 0.05) is 0 Å². The number of nitrogens with one attached hydrogen (secondary N) is 3. The van der Waals surface area contributed by atoms with Gasteiger partial charge in [-0.1, -0.05) is 13.8 Å². The summed E-state index contributed by atoms with van der Waals surface area (Å²) in [6.45, 7) is 5.22. The first kappa shape index (κ1) is 30.2. The van der Waals surface area contributed by atoms with Crippen LogP contribution in [0.1, 0.15) is 52.9 Å². The normalized spacial score (nSPS) is 15.6. The van der Waals surface area contributed by atoms with E-state index in [1.165, 1.54) is 6.92 Å². The van der Waals surface area contributed by atoms with Gasteiger partial charge in [-0.15, -0.1) is 0 Å². The number of carboxylic acid groups (broad SMARTS) is 1. The summed E-state index contributed by atoms with van der Waals surface area (Å²) < 4.78 is 0. The Kier molecular flexibility index (Phi) is 13.9. The summed E-state index contributed by atoms with van der Waals surface area (Å²) in [5.41, 5.74) is 16.3. The Morgan fingerprint density at radius 3 is 1.82 bits per heavy atom. The highest BCUT2D eigenvalue weighted by molar-refractivity contribution is 5.96. The van der Waals surface area contributed by atoms with Gasteiger partial charge < -0.3 is 43.4 Å². The van der Waals surface area contributed by atoms with Crippen LogP contribution in [0.3, 0.4) is 0 Å². The molecule has 0 fully saturated rings. The molecule has 0 aromatic rings. The topological polar surface area (TPSA) is 240 Å². The number of amides is 4. The smallest absolute Gasteiger partial charge is 0.326 e. The molecule has 0 spiro atoms. The van der Waals surface area contributed by atoms with Crippen LogP contribution in [0, 0.1) is 5.92 Å². The van der Waals surface area contributed by atoms with Crippen LogP contribution in [0.25, 0.3) is 0 Å². The number of aliphatic carboxylic acids is 1. The number of hydrogen-bond donors (Lipinski definition) is 8. The highest BCUT2D eigenvalue weighted by Crippen LogP contribution is 2.07. The zero-order chi connectivity index (χ0) is 25.7. The van der Waals surface area contributed by atoms with Crippen molar-refractivity contribution in [2.75, 3.05) is 6.54 Å². The van der Waals surface area contributed by atoms with Crippen LogP contribution in [0.4, 0.5) is 0 Å². The van der Waals surface area contributed by atoms with Gasteiger partial charge in [0.1, 0.15) is 24.2 Å². The first-order chi connectivity index (χ1) is 15.3. The maximum atomic E-state index is 12.9. The molecule has 0 rings (SSSR count). The van der Waals surface area contributed by atoms with Gasteiger partial charge in [-0.2, -0.15) is 0 Å². The molecule has 0 saturated carbocycles. The molecule has 0 saturated heterocycles. The van der Waals surface area contributed by atoms with E-state index >= 15 is 0 Å². The highest BCUT2D eigenvalue weighted by atomic mass is 16.4. The Bertz CT molecular complexity index is 686. The average Bonchev–Trinajstić information content (AvgIpc) is 2.70. The van der Waals surface area contributed by atoms with Gasteiger partial charge in [-0.05, 0) is 45.1 Å². The zero-order valence-corrected chi connectivity index (χ0v) is 19.4. The third-order valence-corrected chi connectivity index (χ3v) is 4.76. The van der Waals surface area contributed by atoms with Gasteiger partial charge in [-0.3, -0.25) is 19.2 Å². The Hall–Kier alpha value is -2.77. The van der Waals surface area contributed by atoms with E-state index in [1.54, 1.807) is 13.8 Å². The van der Waals surface area contributed by atoms with Gasteiger partial charge in [0.15, 0.2) is 0 Å². The molecule has 0 radical (unpaired) electrons. The molecule has 0 aliphatic heterocycles. The summed E-state index contributed by atoms with van der Waals surface area (Å²) in [5, 5.41) is 25.9. The lowest BCUT2D eigenvalue weighted by atomic mass is 10.0. The van der Waals surface area contributed by atoms with Gasteiger partial charge in [-0.25, -0.2) is 4.79 Å². The Morgan fingerprint density at radius 1 is 0.848 bits per heavy atom. The summed E-state index contributed by atoms with van der Waals surface area (Å²) in [7, 11) is 0. The predicted molar refractivity (Wildman–Crippen MR) is 119 cm³/mol. The van der Waals surface area contributed by atoms with Crippen molar-refractivity contribution in [3.63, 3.8) is 0 Å². The van der Waals surface area contributed by atoms with Crippen LogP contribution >= 0.6 is 0 Å². The Morgan fingerprint density at radius 2 is 1.36 bits per heavy atom. The molecule has 11 N–H and O–H groups in total. The Labute approximate surface area is 193 Å². The third kappa shape index (κ3) is 12.2. The predicted octanol–water partition coefficient (Wildman–Crippen LogP) is -2.72. The maximum Gasteiger partial charge on any atom is 0.326 e. The van der Waals surface area contributed by atoms with E-state index in [9.17, 15) is 34.2 Å². The minimum absolute atomic E-state index is 0.0455. The number of rotatable bonds is 16. The lowest BCUT2D eigenvalue weighted by Gasteiger charge is -2.25. The second-order valence-corrected chi connectivity index (χ2v) is 8.37. The minimum Gasteiger partial charge on any atom is -0.480 e. The van der Waals surface area contributed by atoms with Crippen molar-refractivity contribution in [1.82, 2.24) is 16.0 Å². The summed E-state index contributed by atoms with van der Waals surface area (Å²) in [6, 6.07) is -5.10. The molecule has 0 aromatic carbocycles. The molecule has 4 amide bonds. The molecule has 0 bridgehead atoms. The average molecular weight is 475 g/mol.